The van der Waals surface area contributed by atoms with E-state index in [0.717, 1.165) is 0 Å². The van der Waals surface area contributed by atoms with Gasteiger partial charge in [-0.3, -0.25) is 4.79 Å². The van der Waals surface area contributed by atoms with Crippen LogP contribution in [0.25, 0.3) is 0 Å². The molecule has 2 atom stereocenters. The number of nitrogens with two attached hydrogens (primary N) is 1. The van der Waals surface area contributed by atoms with Crippen LogP contribution in [0, 0.1) is 0 Å². The Kier molecular flexibility index (Phi) is 3.08. The fraction of sp³-hybridized carbons (Fsp3) is 0.444. The molecule has 0 aliphatic carbocycles. The molecular formula is C9H13NO3. The van der Waals surface area contributed by atoms with Gasteiger partial charge in [0, 0.05) is 12.0 Å². The van der Waals surface area contributed by atoms with Crippen LogP contribution in [0.5, 0.6) is 0 Å². The number of furan rings is 1. The van der Waals surface area contributed by atoms with Gasteiger partial charge in [-0.2, -0.15) is 0 Å². The van der Waals surface area contributed by atoms with Gasteiger partial charge in [-0.1, -0.05) is 0 Å². The molecule has 4 nitrogen and oxygen atoms in total. The smallest absolute Gasteiger partial charge is 0.304 e. The van der Waals surface area contributed by atoms with Gasteiger partial charge in [0.1, 0.15) is 5.76 Å². The summed E-state index contributed by atoms with van der Waals surface area (Å²) in [6.07, 6.45) is 1.53. The molecule has 0 radical (unpaired) electrons. The van der Waals surface area contributed by atoms with Crippen molar-refractivity contribution in [1.29, 1.82) is 0 Å². The van der Waals surface area contributed by atoms with Crippen molar-refractivity contribution in [3.63, 3.8) is 0 Å². The number of carboxylic acid groups (broad SMARTS) is 1. The van der Waals surface area contributed by atoms with Gasteiger partial charge in [0.05, 0.1) is 12.7 Å². The fourth-order valence-electron chi connectivity index (χ4n) is 1.24. The van der Waals surface area contributed by atoms with E-state index in [4.69, 9.17) is 15.3 Å². The van der Waals surface area contributed by atoms with Gasteiger partial charge < -0.3 is 15.3 Å². The first-order valence-corrected chi connectivity index (χ1v) is 4.12. The Hall–Kier alpha value is -1.29. The van der Waals surface area contributed by atoms with Crippen molar-refractivity contribution < 1.29 is 14.3 Å². The number of aliphatic carboxylic acids is 1. The normalized spacial score (nSPS) is 15.2. The average molecular weight is 183 g/mol. The minimum atomic E-state index is -0.862. The van der Waals surface area contributed by atoms with Crippen LogP contribution >= 0.6 is 0 Å². The summed E-state index contributed by atoms with van der Waals surface area (Å²) in [5.41, 5.74) is 5.65. The molecule has 1 heterocycles. The van der Waals surface area contributed by atoms with Gasteiger partial charge >= 0.3 is 5.97 Å². The lowest BCUT2D eigenvalue weighted by molar-refractivity contribution is -0.137. The van der Waals surface area contributed by atoms with E-state index in [9.17, 15) is 4.79 Å². The van der Waals surface area contributed by atoms with E-state index in [0.29, 0.717) is 5.76 Å². The van der Waals surface area contributed by atoms with Crippen LogP contribution in [0.4, 0.5) is 0 Å². The van der Waals surface area contributed by atoms with Crippen LogP contribution in [-0.2, 0) is 4.79 Å². The molecule has 0 aliphatic rings. The maximum Gasteiger partial charge on any atom is 0.304 e. The van der Waals surface area contributed by atoms with Crippen molar-refractivity contribution in [2.24, 2.45) is 5.73 Å². The van der Waals surface area contributed by atoms with E-state index in [1.54, 1.807) is 19.1 Å². The molecule has 0 unspecified atom stereocenters. The molecular weight excluding hydrogens is 170 g/mol. The lowest BCUT2D eigenvalue weighted by Crippen LogP contribution is -2.26. The molecule has 0 amide bonds. The SMILES string of the molecule is C[C@H](N)[C@@H](CC(=O)O)c1ccco1. The van der Waals surface area contributed by atoms with Gasteiger partial charge in [-0.25, -0.2) is 0 Å². The van der Waals surface area contributed by atoms with Gasteiger partial charge in [-0.05, 0) is 19.1 Å². The fourth-order valence-corrected chi connectivity index (χ4v) is 1.24. The Morgan fingerprint density at radius 3 is 2.85 bits per heavy atom. The first-order valence-electron chi connectivity index (χ1n) is 4.12. The highest BCUT2D eigenvalue weighted by molar-refractivity contribution is 5.68. The molecule has 0 fully saturated rings. The van der Waals surface area contributed by atoms with Crippen LogP contribution in [0.1, 0.15) is 25.0 Å². The van der Waals surface area contributed by atoms with Crippen molar-refractivity contribution in [1.82, 2.24) is 0 Å². The Morgan fingerprint density at radius 2 is 2.46 bits per heavy atom. The first kappa shape index (κ1) is 9.80. The van der Waals surface area contributed by atoms with Gasteiger partial charge in [0.15, 0.2) is 0 Å². The number of hydrogen-bond donors (Lipinski definition) is 2. The zero-order valence-corrected chi connectivity index (χ0v) is 7.43. The predicted molar refractivity (Wildman–Crippen MR) is 47.4 cm³/mol. The molecule has 1 aromatic heterocycles. The highest BCUT2D eigenvalue weighted by Crippen LogP contribution is 2.22. The van der Waals surface area contributed by atoms with Crippen LogP contribution < -0.4 is 5.73 Å². The molecule has 0 spiro atoms. The Bertz CT molecular complexity index is 266. The summed E-state index contributed by atoms with van der Waals surface area (Å²) in [6.45, 7) is 1.77. The van der Waals surface area contributed by atoms with Crippen LogP contribution in [0.15, 0.2) is 22.8 Å². The molecule has 3 N–H and O–H groups in total. The summed E-state index contributed by atoms with van der Waals surface area (Å²) in [5.74, 6) is -0.469. The Labute approximate surface area is 76.3 Å². The molecule has 0 saturated heterocycles. The average Bonchev–Trinajstić information content (AvgIpc) is 2.50. The summed E-state index contributed by atoms with van der Waals surface area (Å²) in [5, 5.41) is 8.63. The molecule has 0 saturated carbocycles. The molecule has 1 rings (SSSR count). The Morgan fingerprint density at radius 1 is 1.77 bits per heavy atom. The topological polar surface area (TPSA) is 76.5 Å². The first-order chi connectivity index (χ1) is 6.11. The van der Waals surface area contributed by atoms with E-state index >= 15 is 0 Å². The zero-order valence-electron chi connectivity index (χ0n) is 7.43. The number of rotatable bonds is 4. The number of hydrogen-bond acceptors (Lipinski definition) is 3. The number of carbonyl (C=O) groups is 1. The summed E-state index contributed by atoms with van der Waals surface area (Å²) < 4.78 is 5.11. The second kappa shape index (κ2) is 4.09. The third-order valence-corrected chi connectivity index (χ3v) is 1.94. The monoisotopic (exact) mass is 183 g/mol. The van der Waals surface area contributed by atoms with E-state index < -0.39 is 5.97 Å². The highest BCUT2D eigenvalue weighted by Gasteiger charge is 2.21. The van der Waals surface area contributed by atoms with Crippen molar-refractivity contribution in [2.45, 2.75) is 25.3 Å². The van der Waals surface area contributed by atoms with E-state index in [1.807, 2.05) is 0 Å². The molecule has 1 aromatic rings. The summed E-state index contributed by atoms with van der Waals surface area (Å²) in [7, 11) is 0. The van der Waals surface area contributed by atoms with Gasteiger partial charge in [0.25, 0.3) is 0 Å². The van der Waals surface area contributed by atoms with Crippen molar-refractivity contribution in [3.8, 4) is 0 Å². The third-order valence-electron chi connectivity index (χ3n) is 1.94. The molecule has 0 bridgehead atoms. The molecule has 13 heavy (non-hydrogen) atoms. The minimum Gasteiger partial charge on any atom is -0.481 e. The summed E-state index contributed by atoms with van der Waals surface area (Å²) in [4.78, 5) is 10.5. The van der Waals surface area contributed by atoms with Crippen molar-refractivity contribution >= 4 is 5.97 Å². The largest absolute Gasteiger partial charge is 0.481 e. The second-order valence-electron chi connectivity index (χ2n) is 3.08. The van der Waals surface area contributed by atoms with Crippen molar-refractivity contribution in [3.05, 3.63) is 24.2 Å². The lowest BCUT2D eigenvalue weighted by atomic mass is 9.95. The van der Waals surface area contributed by atoms with Gasteiger partial charge in [-0.15, -0.1) is 0 Å². The number of carboxylic acids is 1. The molecule has 72 valence electrons. The molecule has 4 heteroatoms. The molecule has 0 aromatic carbocycles. The van der Waals surface area contributed by atoms with Gasteiger partial charge in [0.2, 0.25) is 0 Å². The molecule has 0 aliphatic heterocycles. The standard InChI is InChI=1S/C9H13NO3/c1-6(10)7(5-9(11)12)8-3-2-4-13-8/h2-4,6-7H,5,10H2,1H3,(H,11,12)/t6-,7+/m0/s1. The van der Waals surface area contributed by atoms with Crippen LogP contribution in [0.3, 0.4) is 0 Å². The lowest BCUT2D eigenvalue weighted by Gasteiger charge is -2.15. The zero-order chi connectivity index (χ0) is 9.84. The minimum absolute atomic E-state index is 0.00514. The van der Waals surface area contributed by atoms with E-state index in [1.165, 1.54) is 6.26 Å². The maximum atomic E-state index is 10.5. The summed E-state index contributed by atoms with van der Waals surface area (Å²) >= 11 is 0. The third kappa shape index (κ3) is 2.59. The maximum absolute atomic E-state index is 10.5. The Balaban J connectivity index is 2.74. The summed E-state index contributed by atoms with van der Waals surface area (Å²) in [6, 6.07) is 3.26. The second-order valence-corrected chi connectivity index (χ2v) is 3.08. The highest BCUT2D eigenvalue weighted by atomic mass is 16.4. The van der Waals surface area contributed by atoms with Crippen LogP contribution in [-0.4, -0.2) is 17.1 Å². The predicted octanol–water partition coefficient (Wildman–Crippen LogP) is 1.19. The van der Waals surface area contributed by atoms with Crippen molar-refractivity contribution in [2.75, 3.05) is 0 Å². The van der Waals surface area contributed by atoms with E-state index in [2.05, 4.69) is 0 Å². The van der Waals surface area contributed by atoms with Crippen LogP contribution in [0.2, 0.25) is 0 Å². The quantitative estimate of drug-likeness (QED) is 0.735. The van der Waals surface area contributed by atoms with E-state index in [-0.39, 0.29) is 18.4 Å².